The first kappa shape index (κ1) is 15.1. The summed E-state index contributed by atoms with van der Waals surface area (Å²) in [6.45, 7) is 0. The molecule has 0 aliphatic heterocycles. The summed E-state index contributed by atoms with van der Waals surface area (Å²) in [5.41, 5.74) is 1.42. The molecule has 3 aromatic rings. The van der Waals surface area contributed by atoms with Gasteiger partial charge in [0.25, 0.3) is 0 Å². The topological polar surface area (TPSA) is 113 Å². The Balaban J connectivity index is 2.00. The number of sulfonamides is 1. The van der Waals surface area contributed by atoms with Crippen molar-refractivity contribution in [1.29, 1.82) is 0 Å². The van der Waals surface area contributed by atoms with Gasteiger partial charge in [-0.2, -0.15) is 4.68 Å². The predicted octanol–water partition coefficient (Wildman–Crippen LogP) is 0.985. The van der Waals surface area contributed by atoms with Gasteiger partial charge < -0.3 is 4.74 Å². The van der Waals surface area contributed by atoms with E-state index in [0.29, 0.717) is 11.5 Å². The molecular weight excluding hydrogens is 318 g/mol. The van der Waals surface area contributed by atoms with Gasteiger partial charge in [-0.05, 0) is 59.0 Å². The van der Waals surface area contributed by atoms with E-state index in [1.807, 2.05) is 12.1 Å². The molecule has 0 atom stereocenters. The van der Waals surface area contributed by atoms with Crippen LogP contribution in [-0.2, 0) is 10.0 Å². The molecule has 0 saturated heterocycles. The minimum absolute atomic E-state index is 0.0281. The van der Waals surface area contributed by atoms with Crippen molar-refractivity contribution in [2.75, 3.05) is 7.11 Å². The van der Waals surface area contributed by atoms with E-state index in [4.69, 9.17) is 9.88 Å². The number of benzene rings is 2. The van der Waals surface area contributed by atoms with Crippen molar-refractivity contribution < 1.29 is 13.2 Å². The predicted molar refractivity (Wildman–Crippen MR) is 82.5 cm³/mol. The average Bonchev–Trinajstić information content (AvgIpc) is 3.04. The van der Waals surface area contributed by atoms with Gasteiger partial charge in [0.2, 0.25) is 10.0 Å². The highest BCUT2D eigenvalue weighted by Crippen LogP contribution is 2.22. The zero-order valence-corrected chi connectivity index (χ0v) is 12.9. The molecule has 0 saturated carbocycles. The standard InChI is InChI=1S/C14H13N5O3S/c1-22-12-6-2-10(3-7-12)14-16-17-18-19(14)11-4-8-13(9-5-11)23(15,20)21/h2-9H,1H3,(H2,15,20,21). The van der Waals surface area contributed by atoms with E-state index in [2.05, 4.69) is 15.5 Å². The van der Waals surface area contributed by atoms with Crippen molar-refractivity contribution in [3.63, 3.8) is 0 Å². The van der Waals surface area contributed by atoms with Crippen molar-refractivity contribution in [3.05, 3.63) is 48.5 Å². The lowest BCUT2D eigenvalue weighted by atomic mass is 10.2. The molecule has 8 nitrogen and oxygen atoms in total. The molecule has 0 unspecified atom stereocenters. The van der Waals surface area contributed by atoms with Gasteiger partial charge in [0.1, 0.15) is 5.75 Å². The number of tetrazole rings is 1. The van der Waals surface area contributed by atoms with Crippen LogP contribution in [0.15, 0.2) is 53.4 Å². The Morgan fingerprint density at radius 3 is 2.26 bits per heavy atom. The molecule has 0 aliphatic carbocycles. The Morgan fingerprint density at radius 2 is 1.70 bits per heavy atom. The first-order valence-corrected chi connectivity index (χ1v) is 8.10. The van der Waals surface area contributed by atoms with Gasteiger partial charge in [0, 0.05) is 5.56 Å². The summed E-state index contributed by atoms with van der Waals surface area (Å²) in [7, 11) is -2.14. The molecule has 3 rings (SSSR count). The van der Waals surface area contributed by atoms with Gasteiger partial charge in [-0.15, -0.1) is 5.10 Å². The van der Waals surface area contributed by atoms with E-state index < -0.39 is 10.0 Å². The zero-order valence-electron chi connectivity index (χ0n) is 12.1. The van der Waals surface area contributed by atoms with Gasteiger partial charge in [0.15, 0.2) is 5.82 Å². The molecule has 9 heteroatoms. The fourth-order valence-corrected chi connectivity index (χ4v) is 2.57. The maximum Gasteiger partial charge on any atom is 0.238 e. The summed E-state index contributed by atoms with van der Waals surface area (Å²) in [4.78, 5) is 0.0281. The van der Waals surface area contributed by atoms with E-state index in [1.54, 1.807) is 31.4 Å². The number of hydrogen-bond acceptors (Lipinski definition) is 6. The van der Waals surface area contributed by atoms with Crippen molar-refractivity contribution in [2.45, 2.75) is 4.90 Å². The maximum atomic E-state index is 11.3. The highest BCUT2D eigenvalue weighted by atomic mass is 32.2. The molecule has 118 valence electrons. The Kier molecular flexibility index (Phi) is 3.80. The zero-order chi connectivity index (χ0) is 16.4. The Labute approximate surface area is 132 Å². The third kappa shape index (κ3) is 3.05. The Morgan fingerprint density at radius 1 is 1.04 bits per heavy atom. The molecule has 0 spiro atoms. The minimum atomic E-state index is -3.73. The SMILES string of the molecule is COc1ccc(-c2nnnn2-c2ccc(S(N)(=O)=O)cc2)cc1. The summed E-state index contributed by atoms with van der Waals surface area (Å²) in [5.74, 6) is 1.25. The van der Waals surface area contributed by atoms with Crippen molar-refractivity contribution >= 4 is 10.0 Å². The summed E-state index contributed by atoms with van der Waals surface area (Å²) in [5, 5.41) is 16.7. The van der Waals surface area contributed by atoms with Crippen molar-refractivity contribution in [2.24, 2.45) is 5.14 Å². The highest BCUT2D eigenvalue weighted by molar-refractivity contribution is 7.89. The number of hydrogen-bond donors (Lipinski definition) is 1. The van der Waals surface area contributed by atoms with Crippen LogP contribution < -0.4 is 9.88 Å². The van der Waals surface area contributed by atoms with Crippen LogP contribution in [0.2, 0.25) is 0 Å². The van der Waals surface area contributed by atoms with Gasteiger partial charge in [-0.25, -0.2) is 13.6 Å². The van der Waals surface area contributed by atoms with E-state index in [1.165, 1.54) is 16.8 Å². The Bertz CT molecular complexity index is 918. The molecule has 0 amide bonds. The summed E-state index contributed by atoms with van der Waals surface area (Å²) >= 11 is 0. The number of ether oxygens (including phenoxy) is 1. The van der Waals surface area contributed by atoms with Gasteiger partial charge >= 0.3 is 0 Å². The number of nitrogens with two attached hydrogens (primary N) is 1. The van der Waals surface area contributed by atoms with Crippen LogP contribution in [0, 0.1) is 0 Å². The fourth-order valence-electron chi connectivity index (χ4n) is 2.06. The minimum Gasteiger partial charge on any atom is -0.497 e. The van der Waals surface area contributed by atoms with Crippen LogP contribution in [0.5, 0.6) is 5.75 Å². The van der Waals surface area contributed by atoms with E-state index >= 15 is 0 Å². The van der Waals surface area contributed by atoms with Gasteiger partial charge in [-0.3, -0.25) is 0 Å². The first-order chi connectivity index (χ1) is 11.0. The molecule has 1 heterocycles. The molecule has 0 fully saturated rings. The van der Waals surface area contributed by atoms with Crippen LogP contribution in [0.25, 0.3) is 17.1 Å². The molecule has 2 N–H and O–H groups in total. The summed E-state index contributed by atoms with van der Waals surface area (Å²) < 4.78 is 29.2. The van der Waals surface area contributed by atoms with Crippen LogP contribution >= 0.6 is 0 Å². The quantitative estimate of drug-likeness (QED) is 0.762. The molecule has 23 heavy (non-hydrogen) atoms. The number of methoxy groups -OCH3 is 1. The monoisotopic (exact) mass is 331 g/mol. The smallest absolute Gasteiger partial charge is 0.238 e. The molecule has 0 aliphatic rings. The second-order valence-electron chi connectivity index (χ2n) is 4.68. The molecule has 2 aromatic carbocycles. The summed E-state index contributed by atoms with van der Waals surface area (Å²) in [6, 6.07) is 13.3. The third-order valence-electron chi connectivity index (χ3n) is 3.23. The van der Waals surface area contributed by atoms with Crippen LogP contribution in [0.4, 0.5) is 0 Å². The van der Waals surface area contributed by atoms with Gasteiger partial charge in [0.05, 0.1) is 17.7 Å². The van der Waals surface area contributed by atoms with E-state index in [0.717, 1.165) is 11.3 Å². The van der Waals surface area contributed by atoms with Gasteiger partial charge in [-0.1, -0.05) is 0 Å². The number of nitrogens with zero attached hydrogens (tertiary/aromatic N) is 4. The highest BCUT2D eigenvalue weighted by Gasteiger charge is 2.12. The van der Waals surface area contributed by atoms with Crippen LogP contribution in [0.1, 0.15) is 0 Å². The number of rotatable bonds is 4. The Hall–Kier alpha value is -2.78. The number of aromatic nitrogens is 4. The maximum absolute atomic E-state index is 11.3. The summed E-state index contributed by atoms with van der Waals surface area (Å²) in [6.07, 6.45) is 0. The lowest BCUT2D eigenvalue weighted by Gasteiger charge is -2.06. The van der Waals surface area contributed by atoms with Crippen molar-refractivity contribution in [3.8, 4) is 22.8 Å². The van der Waals surface area contributed by atoms with Crippen molar-refractivity contribution in [1.82, 2.24) is 20.2 Å². The molecule has 0 radical (unpaired) electrons. The van der Waals surface area contributed by atoms with E-state index in [-0.39, 0.29) is 4.90 Å². The number of primary sulfonamides is 1. The van der Waals surface area contributed by atoms with Crippen LogP contribution in [0.3, 0.4) is 0 Å². The fraction of sp³-hybridized carbons (Fsp3) is 0.0714. The average molecular weight is 331 g/mol. The normalized spacial score (nSPS) is 11.4. The van der Waals surface area contributed by atoms with E-state index in [9.17, 15) is 8.42 Å². The second kappa shape index (κ2) is 5.78. The third-order valence-corrected chi connectivity index (χ3v) is 4.16. The first-order valence-electron chi connectivity index (χ1n) is 6.55. The lowest BCUT2D eigenvalue weighted by Crippen LogP contribution is -2.12. The molecular formula is C14H13N5O3S. The molecule has 0 bridgehead atoms. The van der Waals surface area contributed by atoms with Crippen LogP contribution in [-0.4, -0.2) is 35.7 Å². The lowest BCUT2D eigenvalue weighted by molar-refractivity contribution is 0.415. The largest absolute Gasteiger partial charge is 0.497 e. The second-order valence-corrected chi connectivity index (χ2v) is 6.24. The molecule has 1 aromatic heterocycles.